The van der Waals surface area contributed by atoms with Crippen LogP contribution in [0.15, 0.2) is 4.73 Å². The third-order valence-corrected chi connectivity index (χ3v) is 2.96. The zero-order valence-electron chi connectivity index (χ0n) is 8.67. The van der Waals surface area contributed by atoms with Crippen molar-refractivity contribution in [3.05, 3.63) is 14.8 Å². The molecule has 1 rings (SSSR count). The predicted molar refractivity (Wildman–Crippen MR) is 66.7 cm³/mol. The lowest BCUT2D eigenvalue weighted by Crippen LogP contribution is -2.01. The van der Waals surface area contributed by atoms with E-state index in [4.69, 9.17) is 0 Å². The van der Waals surface area contributed by atoms with Crippen LogP contribution in [-0.4, -0.2) is 25.4 Å². The Balaban J connectivity index is 2.39. The molecular weight excluding hydrogens is 296 g/mol. The van der Waals surface area contributed by atoms with Gasteiger partial charge in [-0.1, -0.05) is 12.8 Å². The molecular formula is C8H13BrN4O2S. The summed E-state index contributed by atoms with van der Waals surface area (Å²) in [5.74, 6) is 0.542. The fourth-order valence-electron chi connectivity index (χ4n) is 1.26. The maximum atomic E-state index is 10.4. The summed E-state index contributed by atoms with van der Waals surface area (Å²) >= 11 is 7.27. The smallest absolute Gasteiger partial charge is 0.390 e. The number of thiol groups is 1. The molecule has 0 saturated carbocycles. The van der Waals surface area contributed by atoms with Gasteiger partial charge in [0, 0.05) is 21.0 Å². The van der Waals surface area contributed by atoms with Gasteiger partial charge in [-0.05, 0) is 28.5 Å². The number of hydrogen-bond acceptors (Lipinski definition) is 5. The Labute approximate surface area is 107 Å². The van der Waals surface area contributed by atoms with Crippen LogP contribution in [0.25, 0.3) is 0 Å². The first-order valence-corrected chi connectivity index (χ1v) is 6.43. The molecule has 6 nitrogen and oxygen atoms in total. The van der Waals surface area contributed by atoms with E-state index in [1.807, 2.05) is 0 Å². The first-order valence-electron chi connectivity index (χ1n) is 5.00. The van der Waals surface area contributed by atoms with Gasteiger partial charge in [-0.2, -0.15) is 17.3 Å². The summed E-state index contributed by atoms with van der Waals surface area (Å²) in [6.07, 6.45) is 4.23. The maximum Gasteiger partial charge on any atom is 0.492 e. The Morgan fingerprint density at radius 3 is 2.62 bits per heavy atom. The largest absolute Gasteiger partial charge is 0.492 e. The number of halogens is 1. The summed E-state index contributed by atoms with van der Waals surface area (Å²) in [5.41, 5.74) is 0. The predicted octanol–water partition coefficient (Wildman–Crippen LogP) is 2.44. The number of nitro groups is 1. The van der Waals surface area contributed by atoms with Gasteiger partial charge in [0.15, 0.2) is 0 Å². The fourth-order valence-corrected chi connectivity index (χ4v) is 1.90. The van der Waals surface area contributed by atoms with Crippen molar-refractivity contribution < 1.29 is 4.92 Å². The quantitative estimate of drug-likeness (QED) is 0.363. The van der Waals surface area contributed by atoms with Gasteiger partial charge in [0.2, 0.25) is 0 Å². The van der Waals surface area contributed by atoms with Crippen LogP contribution >= 0.6 is 28.6 Å². The zero-order chi connectivity index (χ0) is 12.0. The van der Waals surface area contributed by atoms with Crippen molar-refractivity contribution in [2.75, 3.05) is 5.75 Å². The number of hydrogen-bond donors (Lipinski definition) is 1. The Morgan fingerprint density at radius 2 is 2.06 bits per heavy atom. The van der Waals surface area contributed by atoms with Gasteiger partial charge in [0.1, 0.15) is 0 Å². The maximum absolute atomic E-state index is 10.4. The zero-order valence-corrected chi connectivity index (χ0v) is 11.2. The molecule has 0 fully saturated rings. The monoisotopic (exact) mass is 308 g/mol. The molecule has 16 heavy (non-hydrogen) atoms. The van der Waals surface area contributed by atoms with Gasteiger partial charge >= 0.3 is 5.95 Å². The van der Waals surface area contributed by atoms with Gasteiger partial charge in [-0.15, -0.1) is 0 Å². The number of rotatable bonds is 7. The highest BCUT2D eigenvalue weighted by Crippen LogP contribution is 2.13. The average molecular weight is 309 g/mol. The molecule has 0 aromatic carbocycles. The molecule has 0 aliphatic heterocycles. The van der Waals surface area contributed by atoms with Crippen LogP contribution in [0.4, 0.5) is 5.95 Å². The number of aryl methyl sites for hydroxylation is 1. The highest BCUT2D eigenvalue weighted by atomic mass is 79.9. The Kier molecular flexibility index (Phi) is 5.75. The molecule has 0 bridgehead atoms. The van der Waals surface area contributed by atoms with Crippen molar-refractivity contribution in [1.82, 2.24) is 14.8 Å². The van der Waals surface area contributed by atoms with E-state index in [-0.39, 0.29) is 5.95 Å². The molecule has 8 heteroatoms. The number of aromatic nitrogens is 3. The van der Waals surface area contributed by atoms with Gasteiger partial charge in [-0.3, -0.25) is 0 Å². The molecule has 0 radical (unpaired) electrons. The minimum absolute atomic E-state index is 0.359. The van der Waals surface area contributed by atoms with Gasteiger partial charge in [0.25, 0.3) is 4.73 Å². The molecule has 90 valence electrons. The second-order valence-corrected chi connectivity index (χ2v) is 4.46. The first kappa shape index (κ1) is 13.4. The molecule has 1 aromatic rings. The molecule has 0 aliphatic rings. The first-order chi connectivity index (χ1) is 7.65. The van der Waals surface area contributed by atoms with Crippen LogP contribution in [0.2, 0.25) is 0 Å². The molecule has 1 heterocycles. The second kappa shape index (κ2) is 6.85. The summed E-state index contributed by atoms with van der Waals surface area (Å²) < 4.78 is 1.92. The van der Waals surface area contributed by atoms with E-state index in [0.717, 1.165) is 31.4 Å². The van der Waals surface area contributed by atoms with Crippen molar-refractivity contribution in [3.63, 3.8) is 0 Å². The summed E-state index contributed by atoms with van der Waals surface area (Å²) in [7, 11) is 0. The summed E-state index contributed by atoms with van der Waals surface area (Å²) in [6.45, 7) is 0.647. The standard InChI is InChI=1S/C8H13BrN4O2S/c9-7-10-8(13(14)15)11-12(7)5-3-1-2-4-6-16/h16H,1-6H2. The minimum Gasteiger partial charge on any atom is -0.390 e. The molecule has 0 saturated heterocycles. The van der Waals surface area contributed by atoms with Crippen molar-refractivity contribution in [3.8, 4) is 0 Å². The normalized spacial score (nSPS) is 10.6. The average Bonchev–Trinajstić information content (AvgIpc) is 2.60. The Hall–Kier alpha value is -0.630. The van der Waals surface area contributed by atoms with Crippen LogP contribution < -0.4 is 0 Å². The number of unbranched alkanes of at least 4 members (excludes halogenated alkanes) is 3. The van der Waals surface area contributed by atoms with Gasteiger partial charge in [0.05, 0.1) is 6.54 Å². The van der Waals surface area contributed by atoms with E-state index in [0.29, 0.717) is 11.3 Å². The second-order valence-electron chi connectivity index (χ2n) is 3.30. The molecule has 0 amide bonds. The van der Waals surface area contributed by atoms with E-state index >= 15 is 0 Å². The summed E-state index contributed by atoms with van der Waals surface area (Å²) in [4.78, 5) is 13.5. The van der Waals surface area contributed by atoms with Crippen molar-refractivity contribution in [2.45, 2.75) is 32.2 Å². The highest BCUT2D eigenvalue weighted by Gasteiger charge is 2.18. The van der Waals surface area contributed by atoms with Gasteiger partial charge in [-0.25, -0.2) is 0 Å². The molecule has 0 unspecified atom stereocenters. The molecule has 0 atom stereocenters. The van der Waals surface area contributed by atoms with E-state index in [1.54, 1.807) is 0 Å². The summed E-state index contributed by atoms with van der Waals surface area (Å²) in [6, 6.07) is 0. The highest BCUT2D eigenvalue weighted by molar-refractivity contribution is 9.10. The van der Waals surface area contributed by atoms with Crippen LogP contribution in [0.1, 0.15) is 25.7 Å². The van der Waals surface area contributed by atoms with Crippen molar-refractivity contribution in [2.24, 2.45) is 0 Å². The van der Waals surface area contributed by atoms with E-state index in [9.17, 15) is 10.1 Å². The van der Waals surface area contributed by atoms with Crippen LogP contribution in [0.5, 0.6) is 0 Å². The Morgan fingerprint density at radius 1 is 1.38 bits per heavy atom. The van der Waals surface area contributed by atoms with Crippen LogP contribution in [0.3, 0.4) is 0 Å². The minimum atomic E-state index is -0.595. The van der Waals surface area contributed by atoms with Crippen LogP contribution in [0, 0.1) is 10.1 Å². The van der Waals surface area contributed by atoms with E-state index in [1.165, 1.54) is 4.68 Å². The third-order valence-electron chi connectivity index (χ3n) is 2.06. The van der Waals surface area contributed by atoms with E-state index in [2.05, 4.69) is 38.6 Å². The topological polar surface area (TPSA) is 73.8 Å². The van der Waals surface area contributed by atoms with Gasteiger partial charge < -0.3 is 10.1 Å². The number of nitrogens with zero attached hydrogens (tertiary/aromatic N) is 4. The fraction of sp³-hybridized carbons (Fsp3) is 0.750. The lowest BCUT2D eigenvalue weighted by molar-refractivity contribution is -0.394. The molecule has 1 aromatic heterocycles. The van der Waals surface area contributed by atoms with E-state index < -0.39 is 4.92 Å². The molecule has 0 aliphatic carbocycles. The Bertz CT molecular complexity index is 358. The third kappa shape index (κ3) is 4.09. The SMILES string of the molecule is O=[N+]([O-])c1nc(Br)n(CCCCCCS)n1. The lowest BCUT2D eigenvalue weighted by Gasteiger charge is -1.98. The van der Waals surface area contributed by atoms with Crippen LogP contribution in [-0.2, 0) is 6.54 Å². The lowest BCUT2D eigenvalue weighted by atomic mass is 10.2. The van der Waals surface area contributed by atoms with Crippen molar-refractivity contribution >= 4 is 34.5 Å². The summed E-state index contributed by atoms with van der Waals surface area (Å²) in [5, 5.41) is 14.2. The molecule has 0 N–H and O–H groups in total. The van der Waals surface area contributed by atoms with Crippen molar-refractivity contribution in [1.29, 1.82) is 0 Å². The molecule has 0 spiro atoms.